The van der Waals surface area contributed by atoms with Crippen molar-refractivity contribution in [3.8, 4) is 5.75 Å². The van der Waals surface area contributed by atoms with Crippen molar-refractivity contribution in [1.29, 1.82) is 0 Å². The summed E-state index contributed by atoms with van der Waals surface area (Å²) in [4.78, 5) is 4.61. The first kappa shape index (κ1) is 23.2. The number of azo groups is 1. The summed E-state index contributed by atoms with van der Waals surface area (Å²) < 4.78 is 7.79. The molecule has 36 heavy (non-hydrogen) atoms. The molecule has 5 rings (SSSR count). The number of benzene rings is 4. The van der Waals surface area contributed by atoms with Crippen LogP contribution in [-0.2, 0) is 5.54 Å². The number of hydrogen-bond donors (Lipinski definition) is 0. The Morgan fingerprint density at radius 1 is 0.694 bits per heavy atom. The summed E-state index contributed by atoms with van der Waals surface area (Å²) in [7, 11) is 0. The van der Waals surface area contributed by atoms with Crippen molar-refractivity contribution in [3.05, 3.63) is 144 Å². The zero-order chi connectivity index (χ0) is 24.6. The van der Waals surface area contributed by atoms with Crippen LogP contribution in [0.5, 0.6) is 5.75 Å². The first-order valence-corrected chi connectivity index (χ1v) is 12.2. The predicted molar refractivity (Wildman–Crippen MR) is 143 cm³/mol. The van der Waals surface area contributed by atoms with Crippen LogP contribution in [0.25, 0.3) is 0 Å². The lowest BCUT2D eigenvalue weighted by Gasteiger charge is -2.37. The maximum atomic E-state index is 5.68. The summed E-state index contributed by atoms with van der Waals surface area (Å²) >= 11 is 0. The molecular formula is C31H28N4O. The Kier molecular flexibility index (Phi) is 6.99. The van der Waals surface area contributed by atoms with Gasteiger partial charge in [0.05, 0.1) is 12.3 Å². The summed E-state index contributed by atoms with van der Waals surface area (Å²) in [6.45, 7) is 2.78. The molecule has 0 fully saturated rings. The highest BCUT2D eigenvalue weighted by atomic mass is 16.5. The van der Waals surface area contributed by atoms with Crippen LogP contribution >= 0.6 is 0 Å². The molecule has 0 bridgehead atoms. The zero-order valence-electron chi connectivity index (χ0n) is 20.2. The first-order valence-electron chi connectivity index (χ1n) is 12.2. The Balaban J connectivity index is 1.64. The lowest BCUT2D eigenvalue weighted by molar-refractivity contribution is 0.317. The lowest BCUT2D eigenvalue weighted by Crippen LogP contribution is -2.37. The van der Waals surface area contributed by atoms with Gasteiger partial charge in [-0.05, 0) is 47.4 Å². The van der Waals surface area contributed by atoms with E-state index in [1.54, 1.807) is 6.20 Å². The molecule has 1 heterocycles. The van der Waals surface area contributed by atoms with Crippen LogP contribution in [0.3, 0.4) is 0 Å². The molecule has 0 aliphatic heterocycles. The van der Waals surface area contributed by atoms with Crippen LogP contribution in [0.4, 0.5) is 11.6 Å². The molecule has 0 aliphatic carbocycles. The molecule has 0 N–H and O–H groups in total. The fourth-order valence-electron chi connectivity index (χ4n) is 4.52. The molecule has 0 spiro atoms. The second-order valence-electron chi connectivity index (χ2n) is 8.45. The fraction of sp³-hybridized carbons (Fsp3) is 0.129. The van der Waals surface area contributed by atoms with Crippen molar-refractivity contribution in [3.63, 3.8) is 0 Å². The van der Waals surface area contributed by atoms with Crippen molar-refractivity contribution in [2.24, 2.45) is 10.2 Å². The van der Waals surface area contributed by atoms with E-state index in [0.29, 0.717) is 12.6 Å². The molecule has 5 nitrogen and oxygen atoms in total. The Labute approximate surface area is 211 Å². The molecule has 0 aliphatic rings. The third-order valence-electron chi connectivity index (χ3n) is 6.12. The van der Waals surface area contributed by atoms with Gasteiger partial charge in [-0.25, -0.2) is 4.98 Å². The molecular weight excluding hydrogens is 444 g/mol. The second-order valence-corrected chi connectivity index (χ2v) is 8.45. The number of ether oxygens (including phenoxy) is 1. The van der Waals surface area contributed by atoms with Gasteiger partial charge in [0.25, 0.3) is 5.95 Å². The van der Waals surface area contributed by atoms with E-state index in [2.05, 4.69) is 99.5 Å². The van der Waals surface area contributed by atoms with E-state index in [4.69, 9.17) is 4.74 Å². The van der Waals surface area contributed by atoms with Gasteiger partial charge in [0, 0.05) is 12.4 Å². The molecule has 0 amide bonds. The summed E-state index contributed by atoms with van der Waals surface area (Å²) in [5.41, 5.74) is 3.36. The largest absolute Gasteiger partial charge is 0.494 e. The average molecular weight is 473 g/mol. The predicted octanol–water partition coefficient (Wildman–Crippen LogP) is 7.93. The molecule has 4 aromatic carbocycles. The molecule has 0 radical (unpaired) electrons. The first-order chi connectivity index (χ1) is 17.8. The topological polar surface area (TPSA) is 51.8 Å². The van der Waals surface area contributed by atoms with Gasteiger partial charge in [0.1, 0.15) is 11.3 Å². The van der Waals surface area contributed by atoms with Crippen LogP contribution in [0.1, 0.15) is 30.0 Å². The average Bonchev–Trinajstić information content (AvgIpc) is 3.42. The molecule has 0 saturated heterocycles. The minimum Gasteiger partial charge on any atom is -0.494 e. The molecule has 178 valence electrons. The van der Waals surface area contributed by atoms with Crippen LogP contribution in [0.15, 0.2) is 138 Å². The smallest absolute Gasteiger partial charge is 0.250 e. The van der Waals surface area contributed by atoms with E-state index in [9.17, 15) is 0 Å². The van der Waals surface area contributed by atoms with E-state index in [0.717, 1.165) is 34.5 Å². The minimum atomic E-state index is -0.688. The third-order valence-corrected chi connectivity index (χ3v) is 6.12. The summed E-state index contributed by atoms with van der Waals surface area (Å²) in [5.74, 6) is 1.34. The Morgan fingerprint density at radius 2 is 1.22 bits per heavy atom. The van der Waals surface area contributed by atoms with Crippen LogP contribution in [0.2, 0.25) is 0 Å². The molecule has 5 aromatic rings. The van der Waals surface area contributed by atoms with E-state index >= 15 is 0 Å². The second kappa shape index (κ2) is 10.8. The van der Waals surface area contributed by atoms with Gasteiger partial charge < -0.3 is 4.74 Å². The van der Waals surface area contributed by atoms with Crippen molar-refractivity contribution < 1.29 is 4.74 Å². The van der Waals surface area contributed by atoms with Crippen LogP contribution in [0, 0.1) is 0 Å². The summed E-state index contributed by atoms with van der Waals surface area (Å²) in [6.07, 6.45) is 4.72. The number of hydrogen-bond acceptors (Lipinski definition) is 4. The molecule has 1 aromatic heterocycles. The quantitative estimate of drug-likeness (QED) is 0.162. The highest BCUT2D eigenvalue weighted by Crippen LogP contribution is 2.43. The lowest BCUT2D eigenvalue weighted by atomic mass is 9.76. The van der Waals surface area contributed by atoms with Gasteiger partial charge in [-0.1, -0.05) is 97.9 Å². The van der Waals surface area contributed by atoms with Gasteiger partial charge in [-0.15, -0.1) is 10.2 Å². The number of aromatic nitrogens is 2. The Bertz CT molecular complexity index is 1300. The zero-order valence-corrected chi connectivity index (χ0v) is 20.2. The van der Waals surface area contributed by atoms with Gasteiger partial charge >= 0.3 is 0 Å². The van der Waals surface area contributed by atoms with E-state index in [1.807, 2.05) is 48.7 Å². The van der Waals surface area contributed by atoms with Crippen molar-refractivity contribution in [2.75, 3.05) is 6.61 Å². The van der Waals surface area contributed by atoms with Crippen LogP contribution in [-0.4, -0.2) is 16.2 Å². The molecule has 0 unspecified atom stereocenters. The van der Waals surface area contributed by atoms with E-state index < -0.39 is 5.54 Å². The molecule has 0 saturated carbocycles. The van der Waals surface area contributed by atoms with Gasteiger partial charge in [-0.2, -0.15) is 0 Å². The van der Waals surface area contributed by atoms with Crippen molar-refractivity contribution in [2.45, 2.75) is 18.9 Å². The van der Waals surface area contributed by atoms with Gasteiger partial charge in [-0.3, -0.25) is 4.57 Å². The van der Waals surface area contributed by atoms with Gasteiger partial charge in [0.15, 0.2) is 0 Å². The van der Waals surface area contributed by atoms with Crippen molar-refractivity contribution in [1.82, 2.24) is 9.55 Å². The number of imidazole rings is 1. The van der Waals surface area contributed by atoms with E-state index in [1.165, 1.54) is 0 Å². The minimum absolute atomic E-state index is 0.512. The third kappa shape index (κ3) is 4.56. The van der Waals surface area contributed by atoms with Gasteiger partial charge in [0.2, 0.25) is 0 Å². The van der Waals surface area contributed by atoms with E-state index in [-0.39, 0.29) is 0 Å². The SMILES string of the molecule is CCCOc1ccc(N=Nc2nccn2C(c2ccccc2)(c2ccccc2)c2ccccc2)cc1. The highest BCUT2D eigenvalue weighted by Gasteiger charge is 2.39. The normalized spacial score (nSPS) is 11.6. The van der Waals surface area contributed by atoms with Crippen LogP contribution < -0.4 is 4.74 Å². The summed E-state index contributed by atoms with van der Waals surface area (Å²) in [6, 6.07) is 39.0. The molecule has 0 atom stereocenters. The number of nitrogens with zero attached hydrogens (tertiary/aromatic N) is 4. The van der Waals surface area contributed by atoms with Crippen molar-refractivity contribution >= 4 is 11.6 Å². The maximum Gasteiger partial charge on any atom is 0.250 e. The Hall–Kier alpha value is -4.51. The molecule has 5 heteroatoms. The highest BCUT2D eigenvalue weighted by molar-refractivity contribution is 5.52. The standard InChI is InChI=1S/C31H28N4O/c1-2-24-36-29-20-18-28(19-21-29)33-34-30-32-22-23-35(30)31(25-12-6-3-7-13-25,26-14-8-4-9-15-26)27-16-10-5-11-17-27/h3-23H,2,24H2,1H3. The number of rotatable bonds is 9. The Morgan fingerprint density at radius 3 is 1.72 bits per heavy atom. The maximum absolute atomic E-state index is 5.68. The monoisotopic (exact) mass is 472 g/mol. The summed E-state index contributed by atoms with van der Waals surface area (Å²) in [5, 5.41) is 9.12. The fourth-order valence-corrected chi connectivity index (χ4v) is 4.52.